The molecule has 0 spiro atoms. The first-order valence-electron chi connectivity index (χ1n) is 4.17. The van der Waals surface area contributed by atoms with Crippen LogP contribution in [0.2, 0.25) is 15.1 Å². The van der Waals surface area contributed by atoms with E-state index in [9.17, 15) is 5.11 Å². The van der Waals surface area contributed by atoms with E-state index < -0.39 is 6.10 Å². The molecule has 1 aromatic rings. The van der Waals surface area contributed by atoms with Crippen molar-refractivity contribution in [1.29, 1.82) is 0 Å². The zero-order chi connectivity index (χ0) is 11.4. The molecule has 0 radical (unpaired) electrons. The van der Waals surface area contributed by atoms with Crippen LogP contribution in [0.5, 0.6) is 0 Å². The van der Waals surface area contributed by atoms with Gasteiger partial charge in [-0.25, -0.2) is 0 Å². The van der Waals surface area contributed by atoms with E-state index in [1.807, 2.05) is 0 Å². The van der Waals surface area contributed by atoms with Gasteiger partial charge in [0.1, 0.15) is 0 Å². The normalized spacial score (nSPS) is 12.6. The number of aliphatic hydroxyl groups excluding tert-OH is 1. The maximum absolute atomic E-state index is 9.25. The Balaban J connectivity index is 2.77. The molecular weight excluding hydrogens is 280 g/mol. The van der Waals surface area contributed by atoms with Crippen LogP contribution in [0.4, 0.5) is 5.69 Å². The summed E-state index contributed by atoms with van der Waals surface area (Å²) < 4.78 is 0. The highest BCUT2D eigenvalue weighted by Crippen LogP contribution is 2.33. The smallest absolute Gasteiger partial charge is 0.0847 e. The average molecular weight is 289 g/mol. The zero-order valence-electron chi connectivity index (χ0n) is 7.61. The van der Waals surface area contributed by atoms with E-state index in [0.29, 0.717) is 20.8 Å². The van der Waals surface area contributed by atoms with Gasteiger partial charge in [0.05, 0.1) is 27.7 Å². The molecule has 0 aliphatic carbocycles. The molecule has 1 aromatic carbocycles. The van der Waals surface area contributed by atoms with E-state index in [0.717, 1.165) is 0 Å². The molecule has 0 fully saturated rings. The summed E-state index contributed by atoms with van der Waals surface area (Å²) in [4.78, 5) is 0. The minimum Gasteiger partial charge on any atom is -0.390 e. The lowest BCUT2D eigenvalue weighted by Gasteiger charge is -2.13. The quantitative estimate of drug-likeness (QED) is 0.829. The monoisotopic (exact) mass is 287 g/mol. The average Bonchev–Trinajstić information content (AvgIpc) is 2.15. The summed E-state index contributed by atoms with van der Waals surface area (Å²) >= 11 is 23.0. The second-order valence-electron chi connectivity index (χ2n) is 2.93. The van der Waals surface area contributed by atoms with Crippen LogP contribution in [-0.4, -0.2) is 23.6 Å². The molecule has 15 heavy (non-hydrogen) atoms. The van der Waals surface area contributed by atoms with Crippen LogP contribution in [0.1, 0.15) is 0 Å². The van der Waals surface area contributed by atoms with Gasteiger partial charge in [-0.2, -0.15) is 0 Å². The summed E-state index contributed by atoms with van der Waals surface area (Å²) in [6.07, 6.45) is -0.644. The van der Waals surface area contributed by atoms with Crippen LogP contribution in [0.25, 0.3) is 0 Å². The summed E-state index contributed by atoms with van der Waals surface area (Å²) in [5.41, 5.74) is 0.548. The summed E-state index contributed by atoms with van der Waals surface area (Å²) in [6.45, 7) is 0.282. The molecular formula is C9H9Cl4NO. The maximum atomic E-state index is 9.25. The molecule has 1 rings (SSSR count). The Kier molecular flexibility index (Phi) is 5.30. The third kappa shape index (κ3) is 3.89. The molecule has 0 saturated heterocycles. The molecule has 0 amide bonds. The van der Waals surface area contributed by atoms with Crippen molar-refractivity contribution >= 4 is 52.1 Å². The van der Waals surface area contributed by atoms with Gasteiger partial charge in [-0.3, -0.25) is 0 Å². The highest BCUT2D eigenvalue weighted by atomic mass is 35.5. The van der Waals surface area contributed by atoms with Gasteiger partial charge in [-0.15, -0.1) is 11.6 Å². The van der Waals surface area contributed by atoms with Crippen molar-refractivity contribution in [3.8, 4) is 0 Å². The predicted octanol–water partition coefficient (Wildman–Crippen LogP) is 3.66. The molecule has 0 aliphatic heterocycles. The molecule has 6 heteroatoms. The van der Waals surface area contributed by atoms with Crippen molar-refractivity contribution < 1.29 is 5.11 Å². The predicted molar refractivity (Wildman–Crippen MR) is 66.7 cm³/mol. The molecule has 0 bridgehead atoms. The Hall–Kier alpha value is 0.140. The largest absolute Gasteiger partial charge is 0.390 e. The summed E-state index contributed by atoms with van der Waals surface area (Å²) in [6, 6.07) is 3.15. The SMILES string of the molecule is OC(CCl)CNc1c(Cl)cc(Cl)cc1Cl. The van der Waals surface area contributed by atoms with Gasteiger partial charge in [0.15, 0.2) is 0 Å². The fourth-order valence-electron chi connectivity index (χ4n) is 0.986. The Labute approximate surface area is 108 Å². The van der Waals surface area contributed by atoms with Crippen molar-refractivity contribution in [1.82, 2.24) is 0 Å². The first-order valence-corrected chi connectivity index (χ1v) is 5.84. The summed E-state index contributed by atoms with van der Waals surface area (Å²) in [5.74, 6) is 0.149. The lowest BCUT2D eigenvalue weighted by Crippen LogP contribution is -2.21. The van der Waals surface area contributed by atoms with Gasteiger partial charge in [0.2, 0.25) is 0 Å². The Morgan fingerprint density at radius 2 is 1.73 bits per heavy atom. The van der Waals surface area contributed by atoms with Gasteiger partial charge < -0.3 is 10.4 Å². The maximum Gasteiger partial charge on any atom is 0.0847 e. The Morgan fingerprint density at radius 3 is 2.20 bits per heavy atom. The van der Waals surface area contributed by atoms with E-state index in [4.69, 9.17) is 46.4 Å². The van der Waals surface area contributed by atoms with Crippen LogP contribution < -0.4 is 5.32 Å². The van der Waals surface area contributed by atoms with Crippen molar-refractivity contribution in [3.63, 3.8) is 0 Å². The summed E-state index contributed by atoms with van der Waals surface area (Å²) in [7, 11) is 0. The van der Waals surface area contributed by atoms with Crippen LogP contribution in [0.3, 0.4) is 0 Å². The summed E-state index contributed by atoms with van der Waals surface area (Å²) in [5, 5.41) is 13.4. The first kappa shape index (κ1) is 13.2. The highest BCUT2D eigenvalue weighted by Gasteiger charge is 2.09. The number of aliphatic hydroxyl groups is 1. The number of anilines is 1. The van der Waals surface area contributed by atoms with Gasteiger partial charge in [0, 0.05) is 11.6 Å². The molecule has 1 atom stereocenters. The minimum atomic E-state index is -0.644. The van der Waals surface area contributed by atoms with Crippen molar-refractivity contribution in [2.24, 2.45) is 0 Å². The fourth-order valence-corrected chi connectivity index (χ4v) is 2.05. The highest BCUT2D eigenvalue weighted by molar-refractivity contribution is 6.41. The molecule has 0 aliphatic rings. The minimum absolute atomic E-state index is 0.149. The van der Waals surface area contributed by atoms with E-state index >= 15 is 0 Å². The molecule has 1 unspecified atom stereocenters. The number of rotatable bonds is 4. The van der Waals surface area contributed by atoms with Gasteiger partial charge >= 0.3 is 0 Å². The van der Waals surface area contributed by atoms with E-state index in [1.165, 1.54) is 0 Å². The van der Waals surface area contributed by atoms with E-state index in [-0.39, 0.29) is 12.4 Å². The lowest BCUT2D eigenvalue weighted by atomic mass is 10.3. The molecule has 2 N–H and O–H groups in total. The Bertz CT molecular complexity index is 322. The fraction of sp³-hybridized carbons (Fsp3) is 0.333. The number of hydrogen-bond donors (Lipinski definition) is 2. The van der Waals surface area contributed by atoms with E-state index in [1.54, 1.807) is 12.1 Å². The van der Waals surface area contributed by atoms with Gasteiger partial charge in [0.25, 0.3) is 0 Å². The van der Waals surface area contributed by atoms with Crippen molar-refractivity contribution in [2.75, 3.05) is 17.7 Å². The van der Waals surface area contributed by atoms with Crippen LogP contribution in [0, 0.1) is 0 Å². The van der Waals surface area contributed by atoms with Crippen molar-refractivity contribution in [2.45, 2.75) is 6.10 Å². The number of benzene rings is 1. The lowest BCUT2D eigenvalue weighted by molar-refractivity contribution is 0.211. The first-order chi connectivity index (χ1) is 7.04. The zero-order valence-corrected chi connectivity index (χ0v) is 10.6. The second kappa shape index (κ2) is 6.02. The molecule has 0 saturated carbocycles. The molecule has 0 aromatic heterocycles. The number of hydrogen-bond acceptors (Lipinski definition) is 2. The van der Waals surface area contributed by atoms with Crippen LogP contribution in [-0.2, 0) is 0 Å². The van der Waals surface area contributed by atoms with Crippen molar-refractivity contribution in [3.05, 3.63) is 27.2 Å². The van der Waals surface area contributed by atoms with Crippen LogP contribution >= 0.6 is 46.4 Å². The molecule has 0 heterocycles. The number of alkyl halides is 1. The third-order valence-electron chi connectivity index (χ3n) is 1.70. The molecule has 2 nitrogen and oxygen atoms in total. The standard InChI is InChI=1S/C9H9Cl4NO/c10-3-6(15)4-14-9-7(12)1-5(11)2-8(9)13/h1-2,6,14-15H,3-4H2. The van der Waals surface area contributed by atoms with Crippen LogP contribution in [0.15, 0.2) is 12.1 Å². The second-order valence-corrected chi connectivity index (χ2v) is 4.49. The van der Waals surface area contributed by atoms with E-state index in [2.05, 4.69) is 5.32 Å². The topological polar surface area (TPSA) is 32.3 Å². The van der Waals surface area contributed by atoms with Gasteiger partial charge in [-0.1, -0.05) is 34.8 Å². The number of nitrogens with one attached hydrogen (secondary N) is 1. The Morgan fingerprint density at radius 1 is 1.20 bits per heavy atom. The van der Waals surface area contributed by atoms with Gasteiger partial charge in [-0.05, 0) is 12.1 Å². The third-order valence-corrected chi connectivity index (χ3v) is 2.87. The number of halogens is 4. The molecule has 84 valence electrons.